The maximum absolute atomic E-state index is 12.1. The van der Waals surface area contributed by atoms with E-state index in [4.69, 9.17) is 9.47 Å². The van der Waals surface area contributed by atoms with Crippen molar-refractivity contribution < 1.29 is 19.1 Å². The summed E-state index contributed by atoms with van der Waals surface area (Å²) in [6, 6.07) is 3.67. The summed E-state index contributed by atoms with van der Waals surface area (Å²) in [4.78, 5) is 24.1. The van der Waals surface area contributed by atoms with Gasteiger partial charge in [-0.3, -0.25) is 4.79 Å². The van der Waals surface area contributed by atoms with Crippen LogP contribution in [-0.4, -0.2) is 37.9 Å². The highest BCUT2D eigenvalue weighted by Crippen LogP contribution is 2.32. The van der Waals surface area contributed by atoms with E-state index >= 15 is 0 Å². The summed E-state index contributed by atoms with van der Waals surface area (Å²) in [5.74, 6) is 1.20. The van der Waals surface area contributed by atoms with Crippen LogP contribution in [-0.2, 0) is 16.0 Å². The lowest BCUT2D eigenvalue weighted by Crippen LogP contribution is -2.27. The summed E-state index contributed by atoms with van der Waals surface area (Å²) in [5.41, 5.74) is 1.81. The fourth-order valence-electron chi connectivity index (χ4n) is 2.15. The molecule has 0 bridgehead atoms. The van der Waals surface area contributed by atoms with Crippen molar-refractivity contribution in [3.63, 3.8) is 0 Å². The second-order valence-corrected chi connectivity index (χ2v) is 4.44. The predicted octanol–water partition coefficient (Wildman–Crippen LogP) is 1.65. The number of aldehydes is 1. The smallest absolute Gasteiger partial charge is 0.230 e. The van der Waals surface area contributed by atoms with Crippen LogP contribution >= 0.6 is 0 Å². The Hall–Kier alpha value is -2.30. The van der Waals surface area contributed by atoms with Gasteiger partial charge in [0.1, 0.15) is 6.29 Å². The van der Waals surface area contributed by atoms with Gasteiger partial charge in [0, 0.05) is 19.2 Å². The second kappa shape index (κ2) is 6.23. The van der Waals surface area contributed by atoms with Crippen molar-refractivity contribution in [2.45, 2.75) is 12.8 Å². The second-order valence-electron chi connectivity index (χ2n) is 4.44. The van der Waals surface area contributed by atoms with E-state index in [1.54, 1.807) is 25.3 Å². The van der Waals surface area contributed by atoms with E-state index in [1.165, 1.54) is 0 Å². The number of ether oxygens (including phenoxy) is 2. The predicted molar refractivity (Wildman–Crippen MR) is 74.7 cm³/mol. The molecule has 1 amide bonds. The van der Waals surface area contributed by atoms with Gasteiger partial charge < -0.3 is 19.2 Å². The van der Waals surface area contributed by atoms with Crippen molar-refractivity contribution in [1.29, 1.82) is 0 Å². The number of benzene rings is 1. The van der Waals surface area contributed by atoms with Gasteiger partial charge in [0.2, 0.25) is 5.91 Å². The number of hydrogen-bond acceptors (Lipinski definition) is 4. The fourth-order valence-corrected chi connectivity index (χ4v) is 2.15. The molecule has 2 rings (SSSR count). The van der Waals surface area contributed by atoms with Crippen molar-refractivity contribution in [3.8, 4) is 11.5 Å². The van der Waals surface area contributed by atoms with Gasteiger partial charge in [-0.25, -0.2) is 0 Å². The van der Waals surface area contributed by atoms with E-state index in [-0.39, 0.29) is 12.3 Å². The third kappa shape index (κ3) is 2.82. The lowest BCUT2D eigenvalue weighted by atomic mass is 10.0. The van der Waals surface area contributed by atoms with Crippen LogP contribution in [0, 0.1) is 0 Å². The van der Waals surface area contributed by atoms with Gasteiger partial charge in [-0.15, -0.1) is 0 Å². The summed E-state index contributed by atoms with van der Waals surface area (Å²) >= 11 is 0. The summed E-state index contributed by atoms with van der Waals surface area (Å²) in [7, 11) is 3.14. The first-order valence-corrected chi connectivity index (χ1v) is 6.35. The normalized spacial score (nSPS) is 13.7. The van der Waals surface area contributed by atoms with Gasteiger partial charge in [-0.05, 0) is 29.3 Å². The Morgan fingerprint density at radius 3 is 2.60 bits per heavy atom. The molecule has 1 aromatic rings. The van der Waals surface area contributed by atoms with Crippen LogP contribution in [0.3, 0.4) is 0 Å². The van der Waals surface area contributed by atoms with Crippen LogP contribution in [0.5, 0.6) is 11.5 Å². The van der Waals surface area contributed by atoms with Gasteiger partial charge >= 0.3 is 0 Å². The number of amides is 1. The van der Waals surface area contributed by atoms with Gasteiger partial charge in [-0.1, -0.05) is 0 Å². The van der Waals surface area contributed by atoms with Crippen LogP contribution in [0.15, 0.2) is 18.3 Å². The van der Waals surface area contributed by atoms with Gasteiger partial charge in [0.15, 0.2) is 11.5 Å². The molecule has 0 N–H and O–H groups in total. The Kier molecular flexibility index (Phi) is 4.40. The monoisotopic (exact) mass is 275 g/mol. The zero-order valence-electron chi connectivity index (χ0n) is 11.6. The highest BCUT2D eigenvalue weighted by molar-refractivity contribution is 5.84. The largest absolute Gasteiger partial charge is 0.493 e. The molecule has 20 heavy (non-hydrogen) atoms. The molecule has 5 heteroatoms. The Labute approximate surface area is 117 Å². The summed E-state index contributed by atoms with van der Waals surface area (Å²) in [6.07, 6.45) is 4.99. The molecule has 0 fully saturated rings. The number of rotatable bonds is 5. The number of nitrogens with zero attached hydrogens (tertiary/aromatic N) is 1. The average Bonchev–Trinajstić information content (AvgIpc) is 2.61. The van der Waals surface area contributed by atoms with Gasteiger partial charge in [-0.2, -0.15) is 0 Å². The molecule has 5 nitrogen and oxygen atoms in total. The highest BCUT2D eigenvalue weighted by atomic mass is 16.5. The minimum Gasteiger partial charge on any atom is -0.493 e. The summed E-state index contributed by atoms with van der Waals surface area (Å²) < 4.78 is 10.5. The molecule has 1 aliphatic rings. The van der Waals surface area contributed by atoms with Crippen LogP contribution in [0.1, 0.15) is 17.5 Å². The van der Waals surface area contributed by atoms with Crippen molar-refractivity contribution in [2.24, 2.45) is 0 Å². The molecule has 1 aliphatic heterocycles. The zero-order valence-corrected chi connectivity index (χ0v) is 11.6. The maximum Gasteiger partial charge on any atom is 0.230 e. The first-order valence-electron chi connectivity index (χ1n) is 6.35. The molecule has 0 saturated carbocycles. The van der Waals surface area contributed by atoms with E-state index in [1.807, 2.05) is 18.2 Å². The molecule has 106 valence electrons. The molecular formula is C15H17NO4. The molecule has 0 atom stereocenters. The lowest BCUT2D eigenvalue weighted by Gasteiger charge is -2.15. The SMILES string of the molecule is COc1cc2c(cc1OC)CC(=O)N(CCC=O)C=C2. The standard InChI is InChI=1S/C15H17NO4/c1-19-13-8-11-4-6-16(5-3-7-17)15(18)10-12(11)9-14(13)20-2/h4,6-9H,3,5,10H2,1-2H3. The Balaban J connectivity index is 2.33. The molecule has 0 unspecified atom stereocenters. The molecule has 0 radical (unpaired) electrons. The molecule has 0 aliphatic carbocycles. The van der Waals surface area contributed by atoms with E-state index < -0.39 is 0 Å². The van der Waals surface area contributed by atoms with Crippen LogP contribution < -0.4 is 9.47 Å². The molecule has 0 spiro atoms. The molecular weight excluding hydrogens is 258 g/mol. The molecule has 0 aromatic heterocycles. The topological polar surface area (TPSA) is 55.8 Å². The Morgan fingerprint density at radius 1 is 1.25 bits per heavy atom. The first kappa shape index (κ1) is 14.1. The fraction of sp³-hybridized carbons (Fsp3) is 0.333. The average molecular weight is 275 g/mol. The zero-order chi connectivity index (χ0) is 14.5. The number of methoxy groups -OCH3 is 2. The molecule has 1 heterocycles. The number of carbonyl (C=O) groups is 2. The summed E-state index contributed by atoms with van der Waals surface area (Å²) in [6.45, 7) is 0.404. The maximum atomic E-state index is 12.1. The van der Waals surface area contributed by atoms with Crippen LogP contribution in [0.4, 0.5) is 0 Å². The molecule has 0 saturated heterocycles. The number of carbonyl (C=O) groups excluding carboxylic acids is 2. The van der Waals surface area contributed by atoms with E-state index in [9.17, 15) is 9.59 Å². The minimum atomic E-state index is -0.0333. The van der Waals surface area contributed by atoms with Crippen molar-refractivity contribution in [1.82, 2.24) is 4.90 Å². The highest BCUT2D eigenvalue weighted by Gasteiger charge is 2.19. The molecule has 1 aromatic carbocycles. The van der Waals surface area contributed by atoms with Gasteiger partial charge in [0.05, 0.1) is 20.6 Å². The van der Waals surface area contributed by atoms with Crippen molar-refractivity contribution in [3.05, 3.63) is 29.5 Å². The summed E-state index contributed by atoms with van der Waals surface area (Å²) in [5, 5.41) is 0. The van der Waals surface area contributed by atoms with E-state index in [2.05, 4.69) is 0 Å². The lowest BCUT2D eigenvalue weighted by molar-refractivity contribution is -0.127. The quantitative estimate of drug-likeness (QED) is 0.767. The Bertz CT molecular complexity index is 551. The third-order valence-electron chi connectivity index (χ3n) is 3.23. The first-order chi connectivity index (χ1) is 9.69. The van der Waals surface area contributed by atoms with Crippen molar-refractivity contribution >= 4 is 18.3 Å². The van der Waals surface area contributed by atoms with Crippen LogP contribution in [0.2, 0.25) is 0 Å². The minimum absolute atomic E-state index is 0.0333. The van der Waals surface area contributed by atoms with Crippen LogP contribution in [0.25, 0.3) is 6.08 Å². The van der Waals surface area contributed by atoms with Crippen molar-refractivity contribution in [2.75, 3.05) is 20.8 Å². The van der Waals surface area contributed by atoms with E-state index in [0.717, 1.165) is 17.4 Å². The van der Waals surface area contributed by atoms with E-state index in [0.29, 0.717) is 24.5 Å². The van der Waals surface area contributed by atoms with Gasteiger partial charge in [0.25, 0.3) is 0 Å². The number of fused-ring (bicyclic) bond motifs is 1. The third-order valence-corrected chi connectivity index (χ3v) is 3.23. The Morgan fingerprint density at radius 2 is 1.95 bits per heavy atom. The number of hydrogen-bond donors (Lipinski definition) is 0.